The van der Waals surface area contributed by atoms with Crippen molar-refractivity contribution in [2.24, 2.45) is 0 Å². The van der Waals surface area contributed by atoms with Crippen molar-refractivity contribution in [2.75, 3.05) is 0 Å². The van der Waals surface area contributed by atoms with E-state index in [0.717, 1.165) is 11.0 Å². The molecule has 2 aromatic rings. The van der Waals surface area contributed by atoms with Gasteiger partial charge in [-0.15, -0.1) is 0 Å². The summed E-state index contributed by atoms with van der Waals surface area (Å²) in [4.78, 5) is 22.3. The van der Waals surface area contributed by atoms with Crippen molar-refractivity contribution in [1.82, 2.24) is 0 Å². The van der Waals surface area contributed by atoms with Gasteiger partial charge in [-0.25, -0.2) is 0 Å². The summed E-state index contributed by atoms with van der Waals surface area (Å²) in [7, 11) is 0. The van der Waals surface area contributed by atoms with Crippen molar-refractivity contribution in [3.63, 3.8) is 0 Å². The van der Waals surface area contributed by atoms with Gasteiger partial charge in [-0.05, 0) is 18.2 Å². The average Bonchev–Trinajstić information content (AvgIpc) is 2.39. The Morgan fingerprint density at radius 3 is 2.37 bits per heavy atom. The molecule has 0 heterocycles. The minimum Gasteiger partial charge on any atom is -0.545 e. The molecule has 0 saturated heterocycles. The van der Waals surface area contributed by atoms with Crippen LogP contribution in [0.2, 0.25) is 0 Å². The molecular formula is C13H8NO4S-. The summed E-state index contributed by atoms with van der Waals surface area (Å²) in [5.41, 5.74) is -0.445. The molecule has 0 aliphatic carbocycles. The number of aromatic carboxylic acids is 1. The number of carboxylic acid groups (broad SMARTS) is 1. The topological polar surface area (TPSA) is 83.3 Å². The van der Waals surface area contributed by atoms with E-state index < -0.39 is 10.9 Å². The number of carboxylic acids is 1. The van der Waals surface area contributed by atoms with Gasteiger partial charge >= 0.3 is 0 Å². The summed E-state index contributed by atoms with van der Waals surface area (Å²) < 4.78 is 0. The highest BCUT2D eigenvalue weighted by Gasteiger charge is 2.16. The van der Waals surface area contributed by atoms with Gasteiger partial charge in [0.25, 0.3) is 5.69 Å². The minimum atomic E-state index is -1.43. The number of hydrogen-bond donors (Lipinski definition) is 0. The Kier molecular flexibility index (Phi) is 3.82. The Morgan fingerprint density at radius 2 is 1.79 bits per heavy atom. The third-order valence-corrected chi connectivity index (χ3v) is 3.44. The number of carbonyl (C=O) groups is 1. The molecule has 0 unspecified atom stereocenters. The number of hydrogen-bond acceptors (Lipinski definition) is 5. The zero-order valence-electron chi connectivity index (χ0n) is 9.61. The highest BCUT2D eigenvalue weighted by atomic mass is 32.2. The van der Waals surface area contributed by atoms with Crippen LogP contribution in [0.1, 0.15) is 10.4 Å². The summed E-state index contributed by atoms with van der Waals surface area (Å²) in [5.74, 6) is -1.43. The molecule has 0 fully saturated rings. The molecule has 0 aliphatic rings. The Bertz CT molecular complexity index is 628. The number of rotatable bonds is 4. The third kappa shape index (κ3) is 3.11. The zero-order chi connectivity index (χ0) is 13.8. The molecule has 5 nitrogen and oxygen atoms in total. The lowest BCUT2D eigenvalue weighted by Gasteiger charge is -2.06. The number of carbonyl (C=O) groups excluding carboxylic acids is 1. The average molecular weight is 274 g/mol. The van der Waals surface area contributed by atoms with Crippen LogP contribution >= 0.6 is 11.8 Å². The van der Waals surface area contributed by atoms with Crippen molar-refractivity contribution < 1.29 is 14.8 Å². The normalized spacial score (nSPS) is 10.1. The quantitative estimate of drug-likeness (QED) is 0.629. The van der Waals surface area contributed by atoms with Gasteiger partial charge in [-0.1, -0.05) is 36.0 Å². The van der Waals surface area contributed by atoms with E-state index in [1.54, 1.807) is 0 Å². The summed E-state index contributed by atoms with van der Waals surface area (Å²) in [6, 6.07) is 12.9. The standard InChI is InChI=1S/C13H9NO4S/c15-13(16)9-6-7-12(11(8-9)14(17)18)19-10-4-2-1-3-5-10/h1-8H,(H,15,16)/p-1. The van der Waals surface area contributed by atoms with E-state index in [1.165, 1.54) is 23.9 Å². The molecule has 2 aromatic carbocycles. The molecule has 0 atom stereocenters. The van der Waals surface area contributed by atoms with Crippen LogP contribution in [0.5, 0.6) is 0 Å². The lowest BCUT2D eigenvalue weighted by molar-refractivity contribution is -0.387. The van der Waals surface area contributed by atoms with Crippen molar-refractivity contribution >= 4 is 23.4 Å². The second-order valence-electron chi connectivity index (χ2n) is 3.64. The third-order valence-electron chi connectivity index (χ3n) is 2.36. The molecular weight excluding hydrogens is 266 g/mol. The van der Waals surface area contributed by atoms with Gasteiger partial charge in [0.1, 0.15) is 0 Å². The first-order valence-corrected chi connectivity index (χ1v) is 6.12. The van der Waals surface area contributed by atoms with Gasteiger partial charge in [0, 0.05) is 16.5 Å². The first-order valence-electron chi connectivity index (χ1n) is 5.30. The molecule has 0 bridgehead atoms. The van der Waals surface area contributed by atoms with Gasteiger partial charge in [-0.3, -0.25) is 10.1 Å². The number of nitrogens with zero attached hydrogens (tertiary/aromatic N) is 1. The van der Waals surface area contributed by atoms with E-state index in [-0.39, 0.29) is 11.3 Å². The second-order valence-corrected chi connectivity index (χ2v) is 4.76. The summed E-state index contributed by atoms with van der Waals surface area (Å²) in [6.45, 7) is 0. The van der Waals surface area contributed by atoms with Gasteiger partial charge in [0.05, 0.1) is 15.8 Å². The summed E-state index contributed by atoms with van der Waals surface area (Å²) in [5, 5.41) is 21.7. The van der Waals surface area contributed by atoms with Crippen molar-refractivity contribution in [2.45, 2.75) is 9.79 Å². The van der Waals surface area contributed by atoms with Crippen LogP contribution in [0, 0.1) is 10.1 Å². The predicted octanol–water partition coefficient (Wildman–Crippen LogP) is 2.11. The van der Waals surface area contributed by atoms with Crippen LogP contribution in [0.25, 0.3) is 0 Å². The first-order chi connectivity index (χ1) is 9.08. The molecule has 6 heteroatoms. The Hall–Kier alpha value is -2.34. The van der Waals surface area contributed by atoms with Crippen LogP contribution in [0.4, 0.5) is 5.69 Å². The van der Waals surface area contributed by atoms with Crippen molar-refractivity contribution in [3.05, 3.63) is 64.2 Å². The minimum absolute atomic E-state index is 0.205. The number of nitro groups is 1. The van der Waals surface area contributed by atoms with Crippen LogP contribution in [-0.4, -0.2) is 10.9 Å². The molecule has 0 N–H and O–H groups in total. The number of benzene rings is 2. The fourth-order valence-corrected chi connectivity index (χ4v) is 2.41. The van der Waals surface area contributed by atoms with Gasteiger partial charge < -0.3 is 9.90 Å². The summed E-state index contributed by atoms with van der Waals surface area (Å²) in [6.07, 6.45) is 0. The maximum absolute atomic E-state index is 11.0. The maximum atomic E-state index is 11.0. The molecule has 0 amide bonds. The number of nitro benzene ring substituents is 1. The first kappa shape index (κ1) is 13.1. The second kappa shape index (κ2) is 5.53. The van der Waals surface area contributed by atoms with Crippen LogP contribution in [-0.2, 0) is 0 Å². The molecule has 19 heavy (non-hydrogen) atoms. The van der Waals surface area contributed by atoms with Gasteiger partial charge in [-0.2, -0.15) is 0 Å². The van der Waals surface area contributed by atoms with E-state index in [0.29, 0.717) is 4.90 Å². The molecule has 96 valence electrons. The van der Waals surface area contributed by atoms with E-state index in [1.807, 2.05) is 30.3 Å². The van der Waals surface area contributed by atoms with Crippen molar-refractivity contribution in [3.8, 4) is 0 Å². The molecule has 0 spiro atoms. The lowest BCUT2D eigenvalue weighted by Crippen LogP contribution is -2.22. The van der Waals surface area contributed by atoms with E-state index in [9.17, 15) is 20.0 Å². The molecule has 0 radical (unpaired) electrons. The lowest BCUT2D eigenvalue weighted by atomic mass is 10.2. The van der Waals surface area contributed by atoms with Gasteiger partial charge in [0.2, 0.25) is 0 Å². The zero-order valence-corrected chi connectivity index (χ0v) is 10.4. The van der Waals surface area contributed by atoms with E-state index >= 15 is 0 Å². The fraction of sp³-hybridized carbons (Fsp3) is 0. The van der Waals surface area contributed by atoms with E-state index in [2.05, 4.69) is 0 Å². The van der Waals surface area contributed by atoms with Crippen LogP contribution in [0.15, 0.2) is 58.3 Å². The monoisotopic (exact) mass is 274 g/mol. The molecule has 0 aliphatic heterocycles. The summed E-state index contributed by atoms with van der Waals surface area (Å²) >= 11 is 1.21. The highest BCUT2D eigenvalue weighted by Crippen LogP contribution is 2.35. The smallest absolute Gasteiger partial charge is 0.283 e. The van der Waals surface area contributed by atoms with Crippen LogP contribution < -0.4 is 5.11 Å². The highest BCUT2D eigenvalue weighted by molar-refractivity contribution is 7.99. The van der Waals surface area contributed by atoms with Gasteiger partial charge in [0.15, 0.2) is 0 Å². The molecule has 0 saturated carbocycles. The molecule has 2 rings (SSSR count). The van der Waals surface area contributed by atoms with Crippen LogP contribution in [0.3, 0.4) is 0 Å². The van der Waals surface area contributed by atoms with E-state index in [4.69, 9.17) is 0 Å². The Labute approximate surface area is 113 Å². The fourth-order valence-electron chi connectivity index (χ4n) is 1.49. The Balaban J connectivity index is 2.40. The molecule has 0 aromatic heterocycles. The SMILES string of the molecule is O=C([O-])c1ccc(Sc2ccccc2)c([N+](=O)[O-])c1. The largest absolute Gasteiger partial charge is 0.545 e. The van der Waals surface area contributed by atoms with Crippen molar-refractivity contribution in [1.29, 1.82) is 0 Å². The predicted molar refractivity (Wildman–Crippen MR) is 68.0 cm³/mol. The maximum Gasteiger partial charge on any atom is 0.283 e. The Morgan fingerprint density at radius 1 is 1.11 bits per heavy atom.